The summed E-state index contributed by atoms with van der Waals surface area (Å²) in [6.45, 7) is 2.18. The van der Waals surface area contributed by atoms with E-state index in [1.54, 1.807) is 0 Å². The van der Waals surface area contributed by atoms with Crippen molar-refractivity contribution in [1.29, 1.82) is 0 Å². The van der Waals surface area contributed by atoms with Gasteiger partial charge in [0.15, 0.2) is 0 Å². The second-order valence-electron chi connectivity index (χ2n) is 6.33. The van der Waals surface area contributed by atoms with Gasteiger partial charge in [-0.3, -0.25) is 0 Å². The van der Waals surface area contributed by atoms with Crippen molar-refractivity contribution >= 4 is 33.6 Å². The Kier molecular flexibility index (Phi) is 4.71. The Balaban J connectivity index is 2.06. The van der Waals surface area contributed by atoms with Crippen LogP contribution < -0.4 is 0 Å². The molecule has 2 nitrogen and oxygen atoms in total. The average molecular weight is 352 g/mol. The summed E-state index contributed by atoms with van der Waals surface area (Å²) in [5, 5.41) is 4.59. The number of rotatable bonds is 4. The van der Waals surface area contributed by atoms with Gasteiger partial charge in [-0.05, 0) is 51.2 Å². The Labute approximate surface area is 158 Å². The summed E-state index contributed by atoms with van der Waals surface area (Å²) in [4.78, 5) is 11.9. The highest BCUT2D eigenvalue weighted by molar-refractivity contribution is 6.17. The van der Waals surface area contributed by atoms with Gasteiger partial charge >= 0.3 is 5.97 Å². The molecule has 0 radical (unpaired) electrons. The molecule has 4 rings (SSSR count). The van der Waals surface area contributed by atoms with Crippen LogP contribution >= 0.6 is 0 Å². The molecular weight excluding hydrogens is 332 g/mol. The summed E-state index contributed by atoms with van der Waals surface area (Å²) in [6.07, 6.45) is 3.39. The van der Waals surface area contributed by atoms with Crippen LogP contribution in [0, 0.1) is 0 Å². The fraction of sp³-hybridized carbons (Fsp3) is 0.0800. The average Bonchev–Trinajstić information content (AvgIpc) is 2.72. The first kappa shape index (κ1) is 17.0. The van der Waals surface area contributed by atoms with E-state index in [9.17, 15) is 4.79 Å². The van der Waals surface area contributed by atoms with Crippen molar-refractivity contribution in [3.63, 3.8) is 0 Å². The van der Waals surface area contributed by atoms with Crippen molar-refractivity contribution in [2.45, 2.75) is 6.92 Å². The summed E-state index contributed by atoms with van der Waals surface area (Å²) in [5.74, 6) is -0.321. The minimum atomic E-state index is -0.321. The predicted molar refractivity (Wildman–Crippen MR) is 113 cm³/mol. The molecule has 0 aliphatic rings. The van der Waals surface area contributed by atoms with E-state index in [0.717, 1.165) is 16.3 Å². The van der Waals surface area contributed by atoms with Crippen LogP contribution in [-0.2, 0) is 9.53 Å². The molecule has 0 spiro atoms. The van der Waals surface area contributed by atoms with Crippen LogP contribution in [0.1, 0.15) is 12.5 Å². The third-order valence-electron chi connectivity index (χ3n) is 4.71. The molecule has 4 aromatic rings. The first-order valence-corrected chi connectivity index (χ1v) is 9.13. The van der Waals surface area contributed by atoms with Crippen molar-refractivity contribution in [3.05, 3.63) is 90.5 Å². The summed E-state index contributed by atoms with van der Waals surface area (Å²) < 4.78 is 5.06. The van der Waals surface area contributed by atoms with E-state index in [2.05, 4.69) is 60.7 Å². The summed E-state index contributed by atoms with van der Waals surface area (Å²) in [7, 11) is 0. The molecule has 2 heteroatoms. The Morgan fingerprint density at radius 2 is 1.30 bits per heavy atom. The maximum absolute atomic E-state index is 11.9. The maximum atomic E-state index is 11.9. The lowest BCUT2D eigenvalue weighted by Gasteiger charge is -2.15. The van der Waals surface area contributed by atoms with Gasteiger partial charge in [0.05, 0.1) is 6.61 Å². The molecule has 0 aliphatic carbocycles. The molecule has 0 N–H and O–H groups in total. The molecule has 0 amide bonds. The minimum absolute atomic E-state index is 0.321. The SMILES string of the molecule is CCOC(=O)/C=C/c1c2ccccc2c(-c2ccccc2)c2ccccc12. The number of carbonyl (C=O) groups excluding carboxylic acids is 1. The first-order valence-electron chi connectivity index (χ1n) is 9.13. The summed E-state index contributed by atoms with van der Waals surface area (Å²) >= 11 is 0. The first-order chi connectivity index (χ1) is 13.3. The molecule has 0 saturated heterocycles. The summed E-state index contributed by atoms with van der Waals surface area (Å²) in [5.41, 5.74) is 3.44. The second-order valence-corrected chi connectivity index (χ2v) is 6.33. The highest BCUT2D eigenvalue weighted by Crippen LogP contribution is 2.39. The van der Waals surface area contributed by atoms with E-state index in [1.807, 2.05) is 31.2 Å². The van der Waals surface area contributed by atoms with E-state index >= 15 is 0 Å². The second kappa shape index (κ2) is 7.46. The molecule has 0 saturated carbocycles. The van der Waals surface area contributed by atoms with Crippen LogP contribution in [0.25, 0.3) is 38.7 Å². The smallest absolute Gasteiger partial charge is 0.330 e. The number of carbonyl (C=O) groups is 1. The van der Waals surface area contributed by atoms with Crippen molar-refractivity contribution < 1.29 is 9.53 Å². The largest absolute Gasteiger partial charge is 0.463 e. The van der Waals surface area contributed by atoms with Gasteiger partial charge in [-0.2, -0.15) is 0 Å². The lowest BCUT2D eigenvalue weighted by atomic mass is 9.88. The Morgan fingerprint density at radius 3 is 1.85 bits per heavy atom. The number of ether oxygens (including phenoxy) is 1. The Morgan fingerprint density at radius 1 is 0.778 bits per heavy atom. The van der Waals surface area contributed by atoms with E-state index in [-0.39, 0.29) is 5.97 Å². The topological polar surface area (TPSA) is 26.3 Å². The van der Waals surface area contributed by atoms with E-state index in [1.165, 1.54) is 28.0 Å². The van der Waals surface area contributed by atoms with Gasteiger partial charge in [0.25, 0.3) is 0 Å². The normalized spacial score (nSPS) is 11.3. The number of hydrogen-bond acceptors (Lipinski definition) is 2. The molecule has 0 heterocycles. The third-order valence-corrected chi connectivity index (χ3v) is 4.71. The molecule has 0 bridgehead atoms. The zero-order chi connectivity index (χ0) is 18.6. The minimum Gasteiger partial charge on any atom is -0.463 e. The lowest BCUT2D eigenvalue weighted by molar-refractivity contribution is -0.137. The Bertz CT molecular complexity index is 1080. The van der Waals surface area contributed by atoms with Gasteiger partial charge in [0.2, 0.25) is 0 Å². The summed E-state index contributed by atoms with van der Waals surface area (Å²) in [6, 6.07) is 27.1. The van der Waals surface area contributed by atoms with Crippen molar-refractivity contribution in [3.8, 4) is 11.1 Å². The fourth-order valence-corrected chi connectivity index (χ4v) is 3.60. The highest BCUT2D eigenvalue weighted by Gasteiger charge is 2.13. The van der Waals surface area contributed by atoms with Gasteiger partial charge in [-0.25, -0.2) is 4.79 Å². The number of hydrogen-bond donors (Lipinski definition) is 0. The van der Waals surface area contributed by atoms with Gasteiger partial charge in [0, 0.05) is 6.08 Å². The number of esters is 1. The molecule has 27 heavy (non-hydrogen) atoms. The van der Waals surface area contributed by atoms with Crippen molar-refractivity contribution in [2.24, 2.45) is 0 Å². The van der Waals surface area contributed by atoms with Crippen LogP contribution in [0.15, 0.2) is 84.9 Å². The van der Waals surface area contributed by atoms with Gasteiger partial charge < -0.3 is 4.74 Å². The van der Waals surface area contributed by atoms with Gasteiger partial charge in [0.1, 0.15) is 0 Å². The van der Waals surface area contributed by atoms with E-state index < -0.39 is 0 Å². The molecule has 0 aliphatic heterocycles. The van der Waals surface area contributed by atoms with Gasteiger partial charge in [-0.15, -0.1) is 0 Å². The van der Waals surface area contributed by atoms with Crippen LogP contribution in [0.4, 0.5) is 0 Å². The van der Waals surface area contributed by atoms with Crippen LogP contribution in [0.2, 0.25) is 0 Å². The molecule has 0 fully saturated rings. The fourth-order valence-electron chi connectivity index (χ4n) is 3.60. The lowest BCUT2D eigenvalue weighted by Crippen LogP contribution is -1.99. The quantitative estimate of drug-likeness (QED) is 0.247. The zero-order valence-corrected chi connectivity index (χ0v) is 15.2. The number of fused-ring (bicyclic) bond motifs is 2. The monoisotopic (exact) mass is 352 g/mol. The standard InChI is InChI=1S/C25H20O2/c1-2-27-24(26)17-16-21-19-12-6-8-14-22(19)25(18-10-4-3-5-11-18)23-15-9-7-13-20(21)23/h3-17H,2H2,1H3/b17-16+. The molecule has 132 valence electrons. The zero-order valence-electron chi connectivity index (χ0n) is 15.2. The van der Waals surface area contributed by atoms with Crippen LogP contribution in [0.5, 0.6) is 0 Å². The molecule has 0 atom stereocenters. The number of benzene rings is 4. The Hall–Kier alpha value is -3.39. The predicted octanol–water partition coefficient (Wildman–Crippen LogP) is 6.24. The third kappa shape index (κ3) is 3.22. The van der Waals surface area contributed by atoms with Crippen molar-refractivity contribution in [1.82, 2.24) is 0 Å². The van der Waals surface area contributed by atoms with Gasteiger partial charge in [-0.1, -0.05) is 78.9 Å². The molecular formula is C25H20O2. The van der Waals surface area contributed by atoms with Crippen molar-refractivity contribution in [2.75, 3.05) is 6.61 Å². The van der Waals surface area contributed by atoms with E-state index in [0.29, 0.717) is 6.61 Å². The molecule has 4 aromatic carbocycles. The molecule has 0 aromatic heterocycles. The highest BCUT2D eigenvalue weighted by atomic mass is 16.5. The van der Waals surface area contributed by atoms with E-state index in [4.69, 9.17) is 4.74 Å². The maximum Gasteiger partial charge on any atom is 0.330 e. The molecule has 0 unspecified atom stereocenters. The van der Waals surface area contributed by atoms with Crippen LogP contribution in [-0.4, -0.2) is 12.6 Å². The van der Waals surface area contributed by atoms with Crippen LogP contribution in [0.3, 0.4) is 0 Å².